The van der Waals surface area contributed by atoms with E-state index >= 15 is 0 Å². The molecule has 3 heteroatoms. The van der Waals surface area contributed by atoms with Gasteiger partial charge in [0.25, 0.3) is 0 Å². The van der Waals surface area contributed by atoms with Crippen LogP contribution in [0.3, 0.4) is 0 Å². The zero-order chi connectivity index (χ0) is 11.8. The van der Waals surface area contributed by atoms with Crippen LogP contribution in [0.15, 0.2) is 25.0 Å². The van der Waals surface area contributed by atoms with Gasteiger partial charge in [-0.1, -0.05) is 13.0 Å². The summed E-state index contributed by atoms with van der Waals surface area (Å²) in [6.07, 6.45) is 10.2. The van der Waals surface area contributed by atoms with Gasteiger partial charge in [0, 0.05) is 31.9 Å². The van der Waals surface area contributed by atoms with E-state index in [1.165, 1.54) is 6.42 Å². The molecule has 0 saturated carbocycles. The van der Waals surface area contributed by atoms with Gasteiger partial charge in [-0.25, -0.2) is 4.98 Å². The lowest BCUT2D eigenvalue weighted by Gasteiger charge is -2.16. The molecule has 0 spiro atoms. The van der Waals surface area contributed by atoms with Crippen molar-refractivity contribution in [3.05, 3.63) is 30.9 Å². The van der Waals surface area contributed by atoms with Gasteiger partial charge in [0.2, 0.25) is 0 Å². The zero-order valence-corrected chi connectivity index (χ0v) is 10.4. The number of imidazole rings is 1. The molecule has 0 saturated heterocycles. The van der Waals surface area contributed by atoms with E-state index in [0.29, 0.717) is 6.04 Å². The second-order valence-corrected chi connectivity index (χ2v) is 4.17. The summed E-state index contributed by atoms with van der Waals surface area (Å²) in [5.74, 6) is 1.16. The molecule has 1 aromatic rings. The van der Waals surface area contributed by atoms with Gasteiger partial charge in [-0.2, -0.15) is 0 Å². The van der Waals surface area contributed by atoms with E-state index in [2.05, 4.69) is 28.4 Å². The first-order valence-electron chi connectivity index (χ1n) is 6.08. The molecule has 1 aromatic heterocycles. The maximum absolute atomic E-state index is 4.34. The van der Waals surface area contributed by atoms with Crippen LogP contribution < -0.4 is 5.32 Å². The van der Waals surface area contributed by atoms with Crippen LogP contribution in [0.2, 0.25) is 0 Å². The second kappa shape index (κ2) is 7.23. The molecule has 1 heterocycles. The Kier molecular flexibility index (Phi) is 5.86. The second-order valence-electron chi connectivity index (χ2n) is 4.17. The summed E-state index contributed by atoms with van der Waals surface area (Å²) in [5, 5.41) is 3.54. The fourth-order valence-electron chi connectivity index (χ4n) is 1.79. The zero-order valence-electron chi connectivity index (χ0n) is 10.4. The van der Waals surface area contributed by atoms with Gasteiger partial charge in [-0.3, -0.25) is 0 Å². The van der Waals surface area contributed by atoms with Gasteiger partial charge in [0.1, 0.15) is 5.82 Å². The molecular formula is C13H23N3. The van der Waals surface area contributed by atoms with Crippen molar-refractivity contribution in [2.75, 3.05) is 6.54 Å². The summed E-state index contributed by atoms with van der Waals surface area (Å²) in [6, 6.07) is 0.536. The first kappa shape index (κ1) is 13.0. The molecule has 0 radical (unpaired) electrons. The number of rotatable bonds is 8. The minimum atomic E-state index is 0.536. The molecule has 0 bridgehead atoms. The van der Waals surface area contributed by atoms with E-state index in [1.54, 1.807) is 0 Å². The molecule has 90 valence electrons. The lowest BCUT2D eigenvalue weighted by molar-refractivity contribution is 0.477. The molecule has 1 rings (SSSR count). The fraction of sp³-hybridized carbons (Fsp3) is 0.615. The molecule has 1 unspecified atom stereocenters. The molecular weight excluding hydrogens is 198 g/mol. The normalized spacial score (nSPS) is 12.6. The lowest BCUT2D eigenvalue weighted by Crippen LogP contribution is -2.30. The Balaban J connectivity index is 2.37. The van der Waals surface area contributed by atoms with Crippen molar-refractivity contribution >= 4 is 0 Å². The van der Waals surface area contributed by atoms with Crippen LogP contribution >= 0.6 is 0 Å². The van der Waals surface area contributed by atoms with Gasteiger partial charge >= 0.3 is 0 Å². The predicted molar refractivity (Wildman–Crippen MR) is 68.4 cm³/mol. The van der Waals surface area contributed by atoms with Gasteiger partial charge in [-0.15, -0.1) is 6.58 Å². The maximum Gasteiger partial charge on any atom is 0.108 e. The van der Waals surface area contributed by atoms with Crippen molar-refractivity contribution in [2.24, 2.45) is 7.05 Å². The summed E-state index contributed by atoms with van der Waals surface area (Å²) >= 11 is 0. The highest BCUT2D eigenvalue weighted by molar-refractivity contribution is 4.92. The first-order chi connectivity index (χ1) is 7.77. The quantitative estimate of drug-likeness (QED) is 0.683. The summed E-state index contributed by atoms with van der Waals surface area (Å²) in [7, 11) is 2.05. The van der Waals surface area contributed by atoms with E-state index in [1.807, 2.05) is 25.5 Å². The molecule has 0 amide bonds. The number of nitrogens with zero attached hydrogens (tertiary/aromatic N) is 2. The molecule has 0 aliphatic carbocycles. The topological polar surface area (TPSA) is 29.9 Å². The van der Waals surface area contributed by atoms with Crippen LogP contribution in [0.1, 0.15) is 32.0 Å². The Hall–Kier alpha value is -1.09. The summed E-state index contributed by atoms with van der Waals surface area (Å²) in [5.41, 5.74) is 0. The minimum Gasteiger partial charge on any atom is -0.338 e. The van der Waals surface area contributed by atoms with Crippen LogP contribution in [0, 0.1) is 0 Å². The monoisotopic (exact) mass is 221 g/mol. The number of hydrogen-bond donors (Lipinski definition) is 1. The summed E-state index contributed by atoms with van der Waals surface area (Å²) in [6.45, 7) is 7.08. The molecule has 1 N–H and O–H groups in total. The number of aromatic nitrogens is 2. The SMILES string of the molecule is C=CCC(CCc1nccn1C)NCCC. The Morgan fingerprint density at radius 2 is 2.44 bits per heavy atom. The third kappa shape index (κ3) is 4.19. The molecule has 0 aliphatic rings. The highest BCUT2D eigenvalue weighted by atomic mass is 15.0. The van der Waals surface area contributed by atoms with Crippen LogP contribution in [0.5, 0.6) is 0 Å². The van der Waals surface area contributed by atoms with Crippen molar-refractivity contribution in [1.82, 2.24) is 14.9 Å². The van der Waals surface area contributed by atoms with E-state index in [0.717, 1.165) is 31.6 Å². The Morgan fingerprint density at radius 1 is 1.62 bits per heavy atom. The Labute approximate surface area is 98.6 Å². The van der Waals surface area contributed by atoms with Crippen LogP contribution in [-0.4, -0.2) is 22.1 Å². The van der Waals surface area contributed by atoms with Gasteiger partial charge in [0.05, 0.1) is 0 Å². The molecule has 1 atom stereocenters. The Bertz CT molecular complexity index is 304. The third-order valence-electron chi connectivity index (χ3n) is 2.77. The Morgan fingerprint density at radius 3 is 3.00 bits per heavy atom. The van der Waals surface area contributed by atoms with Gasteiger partial charge in [0.15, 0.2) is 0 Å². The largest absolute Gasteiger partial charge is 0.338 e. The van der Waals surface area contributed by atoms with Crippen LogP contribution in [0.25, 0.3) is 0 Å². The fourth-order valence-corrected chi connectivity index (χ4v) is 1.79. The smallest absolute Gasteiger partial charge is 0.108 e. The van der Waals surface area contributed by atoms with Crippen molar-refractivity contribution < 1.29 is 0 Å². The molecule has 3 nitrogen and oxygen atoms in total. The van der Waals surface area contributed by atoms with E-state index in [9.17, 15) is 0 Å². The molecule has 0 aliphatic heterocycles. The van der Waals surface area contributed by atoms with E-state index < -0.39 is 0 Å². The summed E-state index contributed by atoms with van der Waals surface area (Å²) < 4.78 is 2.09. The average molecular weight is 221 g/mol. The van der Waals surface area contributed by atoms with Crippen molar-refractivity contribution in [3.8, 4) is 0 Å². The highest BCUT2D eigenvalue weighted by Crippen LogP contribution is 2.05. The number of aryl methyl sites for hydroxylation is 2. The van der Waals surface area contributed by atoms with Crippen molar-refractivity contribution in [1.29, 1.82) is 0 Å². The number of nitrogens with one attached hydrogen (secondary N) is 1. The molecule has 16 heavy (non-hydrogen) atoms. The van der Waals surface area contributed by atoms with E-state index in [4.69, 9.17) is 0 Å². The average Bonchev–Trinajstić information content (AvgIpc) is 2.68. The lowest BCUT2D eigenvalue weighted by atomic mass is 10.1. The minimum absolute atomic E-state index is 0.536. The van der Waals surface area contributed by atoms with Crippen molar-refractivity contribution in [3.63, 3.8) is 0 Å². The predicted octanol–water partition coefficient (Wildman–Crippen LogP) is 2.30. The van der Waals surface area contributed by atoms with E-state index in [-0.39, 0.29) is 0 Å². The summed E-state index contributed by atoms with van der Waals surface area (Å²) in [4.78, 5) is 4.34. The molecule has 0 fully saturated rings. The van der Waals surface area contributed by atoms with Crippen LogP contribution in [0.4, 0.5) is 0 Å². The molecule has 0 aromatic carbocycles. The van der Waals surface area contributed by atoms with Gasteiger partial charge in [-0.05, 0) is 25.8 Å². The number of hydrogen-bond acceptors (Lipinski definition) is 2. The van der Waals surface area contributed by atoms with Gasteiger partial charge < -0.3 is 9.88 Å². The first-order valence-corrected chi connectivity index (χ1v) is 6.08. The third-order valence-corrected chi connectivity index (χ3v) is 2.77. The maximum atomic E-state index is 4.34. The standard InChI is InChI=1S/C13H23N3/c1-4-6-12(14-9-5-2)7-8-13-15-10-11-16(13)3/h4,10-12,14H,1,5-9H2,2-3H3. The highest BCUT2D eigenvalue weighted by Gasteiger charge is 2.07. The van der Waals surface area contributed by atoms with Crippen molar-refractivity contribution in [2.45, 2.75) is 38.6 Å². The van der Waals surface area contributed by atoms with Crippen LogP contribution in [-0.2, 0) is 13.5 Å².